The van der Waals surface area contributed by atoms with Crippen LogP contribution in [0.25, 0.3) is 0 Å². The van der Waals surface area contributed by atoms with Gasteiger partial charge in [-0.3, -0.25) is 9.59 Å². The molecule has 0 saturated carbocycles. The normalized spacial score (nSPS) is 28.1. The lowest BCUT2D eigenvalue weighted by Crippen LogP contribution is -2.44. The van der Waals surface area contributed by atoms with E-state index in [2.05, 4.69) is 41.2 Å². The van der Waals surface area contributed by atoms with Crippen molar-refractivity contribution in [3.63, 3.8) is 0 Å². The minimum absolute atomic E-state index is 0.0984. The first-order chi connectivity index (χ1) is 13.1. The lowest BCUT2D eigenvalue weighted by Gasteiger charge is -2.29. The molecule has 0 N–H and O–H groups in total. The number of hydrogen-bond donors (Lipinski definition) is 0. The molecular weight excluding hydrogens is 362 g/mol. The Balaban J connectivity index is 1.59. The third kappa shape index (κ3) is 2.46. The quantitative estimate of drug-likeness (QED) is 0.749. The van der Waals surface area contributed by atoms with Crippen LogP contribution in [0.2, 0.25) is 5.02 Å². The van der Waals surface area contributed by atoms with Crippen molar-refractivity contribution in [2.75, 3.05) is 18.0 Å². The molecule has 0 aliphatic carbocycles. The van der Waals surface area contributed by atoms with Crippen LogP contribution in [-0.4, -0.2) is 41.0 Å². The summed E-state index contributed by atoms with van der Waals surface area (Å²) >= 11 is 6.10. The second-order valence-corrected chi connectivity index (χ2v) is 7.93. The largest absolute Gasteiger partial charge is 0.274 e. The SMILES string of the molecule is Cc1ccc(C2C3C(=O)N(c4cccc(Cl)c4)C(=O)C3N3CCCN23)cc1. The Morgan fingerprint density at radius 1 is 0.926 bits per heavy atom. The van der Waals surface area contributed by atoms with Gasteiger partial charge in [0, 0.05) is 18.1 Å². The average Bonchev–Trinajstić information content (AvgIpc) is 3.28. The first-order valence-corrected chi connectivity index (χ1v) is 9.67. The molecular formula is C21H20ClN3O2. The van der Waals surface area contributed by atoms with Crippen molar-refractivity contribution in [1.29, 1.82) is 0 Å². The number of halogens is 1. The maximum Gasteiger partial charge on any atom is 0.253 e. The van der Waals surface area contributed by atoms with Crippen LogP contribution in [0.4, 0.5) is 5.69 Å². The lowest BCUT2D eigenvalue weighted by molar-refractivity contribution is -0.126. The summed E-state index contributed by atoms with van der Waals surface area (Å²) in [5, 5.41) is 4.86. The number of anilines is 1. The first-order valence-electron chi connectivity index (χ1n) is 9.29. The summed E-state index contributed by atoms with van der Waals surface area (Å²) < 4.78 is 0. The van der Waals surface area contributed by atoms with Crippen LogP contribution < -0.4 is 4.90 Å². The van der Waals surface area contributed by atoms with Crippen LogP contribution in [0.5, 0.6) is 0 Å². The van der Waals surface area contributed by atoms with Crippen LogP contribution in [0.3, 0.4) is 0 Å². The predicted molar refractivity (Wildman–Crippen MR) is 103 cm³/mol. The van der Waals surface area contributed by atoms with Gasteiger partial charge in [0.1, 0.15) is 6.04 Å². The van der Waals surface area contributed by atoms with E-state index in [-0.39, 0.29) is 23.8 Å². The van der Waals surface area contributed by atoms with Gasteiger partial charge >= 0.3 is 0 Å². The van der Waals surface area contributed by atoms with Crippen molar-refractivity contribution in [2.24, 2.45) is 5.92 Å². The molecule has 3 aliphatic rings. The molecule has 2 aromatic rings. The Bertz CT molecular complexity index is 929. The summed E-state index contributed by atoms with van der Waals surface area (Å²) in [6.07, 6.45) is 1.00. The molecule has 0 spiro atoms. The van der Waals surface area contributed by atoms with Gasteiger partial charge in [0.2, 0.25) is 5.91 Å². The minimum atomic E-state index is -0.426. The maximum atomic E-state index is 13.4. The monoisotopic (exact) mass is 381 g/mol. The van der Waals surface area contributed by atoms with Crippen LogP contribution in [0.15, 0.2) is 48.5 Å². The number of rotatable bonds is 2. The molecule has 3 atom stereocenters. The standard InChI is InChI=1S/C21H20ClN3O2/c1-13-6-8-14(9-7-13)18-17-19(24-11-3-10-23(18)24)21(27)25(20(17)26)16-5-2-4-15(22)12-16/h2,4-9,12,17-19H,3,10-11H2,1H3. The van der Waals surface area contributed by atoms with Crippen LogP contribution in [0, 0.1) is 12.8 Å². The number of carbonyl (C=O) groups is 2. The van der Waals surface area contributed by atoms with Crippen LogP contribution in [0.1, 0.15) is 23.6 Å². The Morgan fingerprint density at radius 3 is 2.33 bits per heavy atom. The van der Waals surface area contributed by atoms with Gasteiger partial charge in [-0.2, -0.15) is 0 Å². The van der Waals surface area contributed by atoms with Crippen molar-refractivity contribution in [3.05, 3.63) is 64.7 Å². The maximum absolute atomic E-state index is 13.4. The molecule has 5 rings (SSSR count). The molecule has 0 radical (unpaired) electrons. The van der Waals surface area contributed by atoms with Gasteiger partial charge in [0.05, 0.1) is 17.6 Å². The molecule has 2 amide bonds. The summed E-state index contributed by atoms with van der Waals surface area (Å²) in [4.78, 5) is 28.0. The van der Waals surface area contributed by atoms with Gasteiger partial charge in [-0.25, -0.2) is 14.9 Å². The molecule has 3 fully saturated rings. The molecule has 3 saturated heterocycles. The third-order valence-electron chi connectivity index (χ3n) is 5.89. The van der Waals surface area contributed by atoms with E-state index in [0.717, 1.165) is 25.1 Å². The molecule has 0 aromatic heterocycles. The molecule has 27 heavy (non-hydrogen) atoms. The zero-order valence-corrected chi connectivity index (χ0v) is 15.8. The number of aryl methyl sites for hydroxylation is 1. The van der Waals surface area contributed by atoms with E-state index in [0.29, 0.717) is 10.7 Å². The molecule has 6 heteroatoms. The highest BCUT2D eigenvalue weighted by Gasteiger charge is 2.62. The Labute approximate surface area is 163 Å². The Morgan fingerprint density at radius 2 is 1.63 bits per heavy atom. The van der Waals surface area contributed by atoms with Gasteiger partial charge in [0.15, 0.2) is 0 Å². The van der Waals surface area contributed by atoms with Gasteiger partial charge < -0.3 is 0 Å². The van der Waals surface area contributed by atoms with Crippen molar-refractivity contribution in [1.82, 2.24) is 10.0 Å². The fourth-order valence-electron chi connectivity index (χ4n) is 4.75. The summed E-state index contributed by atoms with van der Waals surface area (Å²) in [7, 11) is 0. The van der Waals surface area contributed by atoms with E-state index in [1.165, 1.54) is 10.5 Å². The van der Waals surface area contributed by atoms with Gasteiger partial charge in [-0.15, -0.1) is 0 Å². The number of nitrogens with zero attached hydrogens (tertiary/aromatic N) is 3. The van der Waals surface area contributed by atoms with Crippen LogP contribution >= 0.6 is 11.6 Å². The zero-order chi connectivity index (χ0) is 18.7. The van der Waals surface area contributed by atoms with E-state index >= 15 is 0 Å². The fourth-order valence-corrected chi connectivity index (χ4v) is 4.93. The molecule has 3 unspecified atom stereocenters. The molecule has 5 nitrogen and oxygen atoms in total. The second-order valence-electron chi connectivity index (χ2n) is 7.50. The number of imide groups is 1. The summed E-state index contributed by atoms with van der Waals surface area (Å²) in [6.45, 7) is 3.74. The average molecular weight is 382 g/mol. The Hall–Kier alpha value is -2.21. The highest BCUT2D eigenvalue weighted by molar-refractivity contribution is 6.31. The van der Waals surface area contributed by atoms with E-state index in [1.54, 1.807) is 24.3 Å². The van der Waals surface area contributed by atoms with Crippen molar-refractivity contribution in [3.8, 4) is 0 Å². The minimum Gasteiger partial charge on any atom is -0.274 e. The topological polar surface area (TPSA) is 43.9 Å². The van der Waals surface area contributed by atoms with Gasteiger partial charge in [0.25, 0.3) is 5.91 Å². The number of carbonyl (C=O) groups excluding carboxylic acids is 2. The van der Waals surface area contributed by atoms with E-state index in [9.17, 15) is 9.59 Å². The number of benzene rings is 2. The van der Waals surface area contributed by atoms with E-state index in [4.69, 9.17) is 11.6 Å². The number of hydrogen-bond acceptors (Lipinski definition) is 4. The second kappa shape index (κ2) is 6.16. The zero-order valence-electron chi connectivity index (χ0n) is 15.0. The number of fused-ring (bicyclic) bond motifs is 3. The number of hydrazine groups is 1. The highest BCUT2D eigenvalue weighted by Crippen LogP contribution is 2.48. The summed E-state index contributed by atoms with van der Waals surface area (Å²) in [5.41, 5.74) is 2.83. The highest BCUT2D eigenvalue weighted by atomic mass is 35.5. The lowest BCUT2D eigenvalue weighted by atomic mass is 9.89. The molecule has 0 bridgehead atoms. The predicted octanol–water partition coefficient (Wildman–Crippen LogP) is 3.18. The van der Waals surface area contributed by atoms with E-state index < -0.39 is 6.04 Å². The summed E-state index contributed by atoms with van der Waals surface area (Å²) in [6, 6.07) is 14.7. The Kier molecular flexibility index (Phi) is 3.86. The molecule has 2 aromatic carbocycles. The van der Waals surface area contributed by atoms with Gasteiger partial charge in [-0.05, 0) is 37.1 Å². The van der Waals surface area contributed by atoms with Gasteiger partial charge in [-0.1, -0.05) is 47.5 Å². The molecule has 3 heterocycles. The smallest absolute Gasteiger partial charge is 0.253 e. The molecule has 3 aliphatic heterocycles. The number of amides is 2. The first kappa shape index (κ1) is 16.9. The molecule has 138 valence electrons. The van der Waals surface area contributed by atoms with Crippen molar-refractivity contribution in [2.45, 2.75) is 25.4 Å². The van der Waals surface area contributed by atoms with Crippen molar-refractivity contribution < 1.29 is 9.59 Å². The van der Waals surface area contributed by atoms with Crippen LogP contribution in [-0.2, 0) is 9.59 Å². The van der Waals surface area contributed by atoms with Crippen molar-refractivity contribution >= 4 is 29.1 Å². The fraction of sp³-hybridized carbons (Fsp3) is 0.333. The third-order valence-corrected chi connectivity index (χ3v) is 6.13. The van der Waals surface area contributed by atoms with E-state index in [1.807, 2.05) is 0 Å². The summed E-state index contributed by atoms with van der Waals surface area (Å²) in [5.74, 6) is -0.666.